The van der Waals surface area contributed by atoms with Gasteiger partial charge in [0.15, 0.2) is 0 Å². The molecule has 0 saturated heterocycles. The van der Waals surface area contributed by atoms with Crippen molar-refractivity contribution >= 4 is 17.8 Å². The minimum absolute atomic E-state index is 0.124. The monoisotopic (exact) mass is 272 g/mol. The average molecular weight is 272 g/mol. The van der Waals surface area contributed by atoms with Gasteiger partial charge < -0.3 is 14.0 Å². The van der Waals surface area contributed by atoms with Crippen LogP contribution >= 0.6 is 7.14 Å². The fourth-order valence-corrected chi connectivity index (χ4v) is 4.53. The van der Waals surface area contributed by atoms with Crippen LogP contribution in [0.15, 0.2) is 72.4 Å². The van der Waals surface area contributed by atoms with Crippen LogP contribution in [0.2, 0.25) is 0 Å². The van der Waals surface area contributed by atoms with Crippen LogP contribution in [-0.2, 0) is 14.0 Å². The van der Waals surface area contributed by atoms with Crippen molar-refractivity contribution in [3.63, 3.8) is 0 Å². The first-order valence-electron chi connectivity index (χ1n) is 5.98. The van der Waals surface area contributed by atoms with E-state index in [-0.39, 0.29) is 6.79 Å². The fourth-order valence-electron chi connectivity index (χ4n) is 2.08. The maximum atomic E-state index is 13.5. The molecule has 0 bridgehead atoms. The second-order valence-electron chi connectivity index (χ2n) is 4.17. The molecule has 0 unspecified atom stereocenters. The zero-order valence-electron chi connectivity index (χ0n) is 10.2. The summed E-state index contributed by atoms with van der Waals surface area (Å²) < 4.78 is 24.0. The summed E-state index contributed by atoms with van der Waals surface area (Å²) in [6.07, 6.45) is 1.46. The first kappa shape index (κ1) is 12.1. The van der Waals surface area contributed by atoms with Crippen molar-refractivity contribution in [1.29, 1.82) is 0 Å². The Kier molecular flexibility index (Phi) is 3.14. The summed E-state index contributed by atoms with van der Waals surface area (Å²) in [5.41, 5.74) is 0.407. The standard InChI is InChI=1S/C15H13O3P/c16-19(15-11-17-12-18-15,13-7-3-1-4-8-13)14-9-5-2-6-10-14/h1-11H,12H2. The summed E-state index contributed by atoms with van der Waals surface area (Å²) in [4.78, 5) is 0. The third-order valence-electron chi connectivity index (χ3n) is 3.01. The summed E-state index contributed by atoms with van der Waals surface area (Å²) in [5.74, 6) is 0. The third-order valence-corrected chi connectivity index (χ3v) is 5.91. The molecule has 0 N–H and O–H groups in total. The molecule has 1 heterocycles. The molecule has 0 saturated carbocycles. The van der Waals surface area contributed by atoms with Gasteiger partial charge in [-0.1, -0.05) is 60.7 Å². The molecule has 96 valence electrons. The van der Waals surface area contributed by atoms with Gasteiger partial charge in [0.25, 0.3) is 0 Å². The van der Waals surface area contributed by atoms with E-state index in [2.05, 4.69) is 0 Å². The lowest BCUT2D eigenvalue weighted by Crippen LogP contribution is -2.17. The largest absolute Gasteiger partial charge is 0.461 e. The second kappa shape index (κ2) is 4.94. The topological polar surface area (TPSA) is 35.5 Å². The summed E-state index contributed by atoms with van der Waals surface area (Å²) in [7, 11) is -2.96. The van der Waals surface area contributed by atoms with Gasteiger partial charge in [-0.3, -0.25) is 0 Å². The zero-order chi connectivity index (χ0) is 13.1. The molecule has 3 nitrogen and oxygen atoms in total. The smallest absolute Gasteiger partial charge is 0.230 e. The second-order valence-corrected chi connectivity index (χ2v) is 6.86. The molecule has 2 aromatic carbocycles. The van der Waals surface area contributed by atoms with Gasteiger partial charge >= 0.3 is 0 Å². The lowest BCUT2D eigenvalue weighted by Gasteiger charge is -2.18. The van der Waals surface area contributed by atoms with Gasteiger partial charge in [-0.15, -0.1) is 0 Å². The highest BCUT2D eigenvalue weighted by Crippen LogP contribution is 2.53. The Balaban J connectivity index is 2.19. The molecule has 1 aliphatic heterocycles. The van der Waals surface area contributed by atoms with Gasteiger partial charge in [0.1, 0.15) is 6.26 Å². The molecule has 0 aromatic heterocycles. The number of benzene rings is 2. The molecular formula is C15H13O3P. The van der Waals surface area contributed by atoms with Crippen LogP contribution in [0.4, 0.5) is 0 Å². The van der Waals surface area contributed by atoms with Gasteiger partial charge in [0, 0.05) is 10.6 Å². The maximum Gasteiger partial charge on any atom is 0.230 e. The van der Waals surface area contributed by atoms with E-state index < -0.39 is 7.14 Å². The SMILES string of the molecule is O=P(C1=COCO1)(c1ccccc1)c1ccccc1. The summed E-state index contributed by atoms with van der Waals surface area (Å²) in [6.45, 7) is 0.124. The minimum atomic E-state index is -2.96. The van der Waals surface area contributed by atoms with E-state index in [1.165, 1.54) is 6.26 Å². The summed E-state index contributed by atoms with van der Waals surface area (Å²) in [5, 5.41) is 1.50. The molecule has 4 heteroatoms. The average Bonchev–Trinajstić information content (AvgIpc) is 3.03. The van der Waals surface area contributed by atoms with E-state index in [1.54, 1.807) is 0 Å². The highest BCUT2D eigenvalue weighted by atomic mass is 31.2. The van der Waals surface area contributed by atoms with E-state index in [9.17, 15) is 4.57 Å². The quantitative estimate of drug-likeness (QED) is 0.806. The van der Waals surface area contributed by atoms with Crippen LogP contribution in [0.25, 0.3) is 0 Å². The van der Waals surface area contributed by atoms with Crippen LogP contribution in [0.1, 0.15) is 0 Å². The van der Waals surface area contributed by atoms with E-state index in [4.69, 9.17) is 9.47 Å². The number of rotatable bonds is 3. The third kappa shape index (κ3) is 2.06. The molecule has 2 aromatic rings. The fraction of sp³-hybridized carbons (Fsp3) is 0.0667. The normalized spacial score (nSPS) is 14.4. The molecule has 0 amide bonds. The van der Waals surface area contributed by atoms with Gasteiger partial charge in [0.2, 0.25) is 19.4 Å². The summed E-state index contributed by atoms with van der Waals surface area (Å²) in [6, 6.07) is 18.7. The molecule has 3 rings (SSSR count). The molecule has 0 fully saturated rings. The lowest BCUT2D eigenvalue weighted by molar-refractivity contribution is 0.0877. The van der Waals surface area contributed by atoms with Crippen molar-refractivity contribution in [2.75, 3.05) is 6.79 Å². The molecular weight excluding hydrogens is 259 g/mol. The van der Waals surface area contributed by atoms with Crippen molar-refractivity contribution in [2.24, 2.45) is 0 Å². The van der Waals surface area contributed by atoms with E-state index in [1.807, 2.05) is 60.7 Å². The van der Waals surface area contributed by atoms with Crippen LogP contribution < -0.4 is 10.6 Å². The van der Waals surface area contributed by atoms with Crippen LogP contribution in [0, 0.1) is 0 Å². The van der Waals surface area contributed by atoms with Gasteiger partial charge in [0.05, 0.1) is 0 Å². The molecule has 0 aliphatic carbocycles. The first-order valence-corrected chi connectivity index (χ1v) is 7.69. The molecule has 0 radical (unpaired) electrons. The predicted octanol–water partition coefficient (Wildman–Crippen LogP) is 2.80. The van der Waals surface area contributed by atoms with Crippen molar-refractivity contribution in [3.05, 3.63) is 72.4 Å². The Morgan fingerprint density at radius 1 is 0.842 bits per heavy atom. The highest BCUT2D eigenvalue weighted by Gasteiger charge is 2.35. The van der Waals surface area contributed by atoms with Gasteiger partial charge in [-0.05, 0) is 0 Å². The zero-order valence-corrected chi connectivity index (χ0v) is 11.1. The van der Waals surface area contributed by atoms with Crippen LogP contribution in [-0.4, -0.2) is 6.79 Å². The Morgan fingerprint density at radius 3 is 1.79 bits per heavy atom. The van der Waals surface area contributed by atoms with Crippen molar-refractivity contribution in [3.8, 4) is 0 Å². The van der Waals surface area contributed by atoms with E-state index in [0.29, 0.717) is 5.50 Å². The Bertz CT molecular complexity index is 591. The number of hydrogen-bond donors (Lipinski definition) is 0. The van der Waals surface area contributed by atoms with Gasteiger partial charge in [-0.25, -0.2) is 0 Å². The van der Waals surface area contributed by atoms with Crippen molar-refractivity contribution in [2.45, 2.75) is 0 Å². The van der Waals surface area contributed by atoms with Gasteiger partial charge in [-0.2, -0.15) is 0 Å². The number of ether oxygens (including phenoxy) is 2. The Morgan fingerprint density at radius 2 is 1.37 bits per heavy atom. The number of hydrogen-bond acceptors (Lipinski definition) is 3. The van der Waals surface area contributed by atoms with Crippen LogP contribution in [0.5, 0.6) is 0 Å². The molecule has 1 aliphatic rings. The lowest BCUT2D eigenvalue weighted by atomic mass is 10.4. The summed E-state index contributed by atoms with van der Waals surface area (Å²) >= 11 is 0. The first-order chi connectivity index (χ1) is 9.32. The molecule has 19 heavy (non-hydrogen) atoms. The Hall–Kier alpha value is -1.99. The molecule has 0 atom stereocenters. The minimum Gasteiger partial charge on any atom is -0.461 e. The maximum absolute atomic E-state index is 13.5. The molecule has 0 spiro atoms. The Labute approximate surface area is 111 Å². The van der Waals surface area contributed by atoms with E-state index >= 15 is 0 Å². The van der Waals surface area contributed by atoms with Crippen molar-refractivity contribution < 1.29 is 14.0 Å². The van der Waals surface area contributed by atoms with Crippen molar-refractivity contribution in [1.82, 2.24) is 0 Å². The highest BCUT2D eigenvalue weighted by molar-refractivity contribution is 7.82. The van der Waals surface area contributed by atoms with Crippen LogP contribution in [0.3, 0.4) is 0 Å². The van der Waals surface area contributed by atoms with E-state index in [0.717, 1.165) is 10.6 Å². The predicted molar refractivity (Wildman–Crippen MR) is 74.9 cm³/mol.